The molecule has 4 aliphatic carbocycles. The monoisotopic (exact) mass is 416 g/mol. The second-order valence-corrected chi connectivity index (χ2v) is 10.4. The number of hydrogen-bond acceptors (Lipinski definition) is 5. The molecule has 4 bridgehead atoms. The van der Waals surface area contributed by atoms with Gasteiger partial charge in [-0.2, -0.15) is 0 Å². The van der Waals surface area contributed by atoms with Gasteiger partial charge in [-0.05, 0) is 57.3 Å². The highest BCUT2D eigenvalue weighted by Gasteiger charge is 2.74. The number of carbonyl (C=O) groups excluding carboxylic acids is 3. The normalized spacial score (nSPS) is 40.2. The lowest BCUT2D eigenvalue weighted by Crippen LogP contribution is -2.67. The van der Waals surface area contributed by atoms with E-state index in [9.17, 15) is 14.4 Å². The van der Waals surface area contributed by atoms with Crippen LogP contribution in [0.1, 0.15) is 68.2 Å². The maximum atomic E-state index is 13.0. The van der Waals surface area contributed by atoms with E-state index in [2.05, 4.69) is 27.7 Å². The van der Waals surface area contributed by atoms with E-state index in [0.29, 0.717) is 35.7 Å². The Morgan fingerprint density at radius 1 is 0.967 bits per heavy atom. The summed E-state index contributed by atoms with van der Waals surface area (Å²) in [6.07, 6.45) is 3.40. The second-order valence-electron chi connectivity index (χ2n) is 10.4. The van der Waals surface area contributed by atoms with E-state index in [1.807, 2.05) is 0 Å². The number of allylic oxidation sites excluding steroid dienone is 2. The molecule has 4 saturated carbocycles. The van der Waals surface area contributed by atoms with E-state index in [4.69, 9.17) is 9.47 Å². The van der Waals surface area contributed by atoms with Gasteiger partial charge in [0.2, 0.25) is 0 Å². The molecule has 0 N–H and O–H groups in total. The molecule has 0 spiro atoms. The molecular weight excluding hydrogens is 380 g/mol. The Bertz CT molecular complexity index is 819. The zero-order chi connectivity index (χ0) is 22.6. The highest BCUT2D eigenvalue weighted by molar-refractivity contribution is 5.89. The first kappa shape index (κ1) is 22.8. The van der Waals surface area contributed by atoms with Crippen molar-refractivity contribution < 1.29 is 23.9 Å². The number of rotatable bonds is 4. The number of Topliss-reactive ketones (excluding diaryl/α,β-unsaturated/α-hetero) is 1. The Morgan fingerprint density at radius 2 is 1.50 bits per heavy atom. The molecule has 7 atom stereocenters. The SMILES string of the molecule is C/C=C(/C)C(=O)O[C@H]1C[C@]2(C)[C@@H]3[C@@H]([C@H]2C(=O)C[C@H]3C)C(C)(C)[C@@H]1OC(=O)/C(C)=C\C. The topological polar surface area (TPSA) is 69.7 Å². The smallest absolute Gasteiger partial charge is 0.333 e. The van der Waals surface area contributed by atoms with E-state index in [1.54, 1.807) is 39.8 Å². The Balaban J connectivity index is 2.05. The van der Waals surface area contributed by atoms with Crippen molar-refractivity contribution in [1.29, 1.82) is 0 Å². The van der Waals surface area contributed by atoms with Crippen LogP contribution in [0.4, 0.5) is 0 Å². The van der Waals surface area contributed by atoms with Crippen molar-refractivity contribution in [2.75, 3.05) is 0 Å². The number of esters is 2. The summed E-state index contributed by atoms with van der Waals surface area (Å²) in [5.74, 6) is 0.195. The van der Waals surface area contributed by atoms with Crippen LogP contribution in [0.15, 0.2) is 23.3 Å². The lowest BCUT2D eigenvalue weighted by molar-refractivity contribution is -0.212. The molecule has 4 aliphatic rings. The zero-order valence-corrected chi connectivity index (χ0v) is 19.6. The molecular formula is C25H36O5. The molecule has 166 valence electrons. The van der Waals surface area contributed by atoms with Gasteiger partial charge in [0.1, 0.15) is 18.0 Å². The molecule has 5 heteroatoms. The lowest BCUT2D eigenvalue weighted by Gasteiger charge is -2.67. The summed E-state index contributed by atoms with van der Waals surface area (Å²) in [4.78, 5) is 38.4. The molecule has 4 rings (SSSR count). The van der Waals surface area contributed by atoms with Crippen molar-refractivity contribution in [3.05, 3.63) is 23.3 Å². The van der Waals surface area contributed by atoms with Gasteiger partial charge in [-0.25, -0.2) is 9.59 Å². The maximum absolute atomic E-state index is 13.0. The van der Waals surface area contributed by atoms with Crippen LogP contribution in [-0.4, -0.2) is 29.9 Å². The summed E-state index contributed by atoms with van der Waals surface area (Å²) in [6.45, 7) is 15.5. The fourth-order valence-electron chi connectivity index (χ4n) is 6.63. The number of ether oxygens (including phenoxy) is 2. The van der Waals surface area contributed by atoms with Gasteiger partial charge in [-0.3, -0.25) is 4.79 Å². The van der Waals surface area contributed by atoms with Crippen molar-refractivity contribution in [2.45, 2.75) is 80.4 Å². The molecule has 0 aromatic heterocycles. The number of hydrogen-bond donors (Lipinski definition) is 0. The maximum Gasteiger partial charge on any atom is 0.333 e. The summed E-state index contributed by atoms with van der Waals surface area (Å²) in [7, 11) is 0. The third-order valence-corrected chi connectivity index (χ3v) is 8.27. The van der Waals surface area contributed by atoms with Crippen LogP contribution in [0.5, 0.6) is 0 Å². The molecule has 0 radical (unpaired) electrons. The van der Waals surface area contributed by atoms with E-state index in [0.717, 1.165) is 0 Å². The van der Waals surface area contributed by atoms with Gasteiger partial charge in [-0.1, -0.05) is 39.8 Å². The second kappa shape index (κ2) is 7.65. The summed E-state index contributed by atoms with van der Waals surface area (Å²) in [5, 5.41) is 0. The minimum absolute atomic E-state index is 0.0655. The lowest BCUT2D eigenvalue weighted by atomic mass is 9.35. The number of fused-ring (bicyclic) bond motifs is 3. The van der Waals surface area contributed by atoms with Crippen molar-refractivity contribution in [1.82, 2.24) is 0 Å². The van der Waals surface area contributed by atoms with Gasteiger partial charge in [0, 0.05) is 28.9 Å². The average Bonchev–Trinajstić information content (AvgIpc) is 2.78. The quantitative estimate of drug-likeness (QED) is 0.493. The summed E-state index contributed by atoms with van der Waals surface area (Å²) in [5.41, 5.74) is 0.318. The van der Waals surface area contributed by atoms with Crippen LogP contribution in [0, 0.1) is 34.5 Å². The third-order valence-electron chi connectivity index (χ3n) is 8.27. The molecule has 0 heterocycles. The van der Waals surface area contributed by atoms with Crippen molar-refractivity contribution in [2.24, 2.45) is 34.5 Å². The highest BCUT2D eigenvalue weighted by Crippen LogP contribution is 2.73. The van der Waals surface area contributed by atoms with Crippen molar-refractivity contribution in [3.63, 3.8) is 0 Å². The van der Waals surface area contributed by atoms with Gasteiger partial charge < -0.3 is 9.47 Å². The van der Waals surface area contributed by atoms with Crippen LogP contribution in [-0.2, 0) is 23.9 Å². The molecule has 30 heavy (non-hydrogen) atoms. The fraction of sp³-hybridized carbons (Fsp3) is 0.720. The first-order chi connectivity index (χ1) is 13.9. The molecule has 0 aromatic rings. The Hall–Kier alpha value is -1.91. The van der Waals surface area contributed by atoms with E-state index in [-0.39, 0.29) is 23.2 Å². The van der Waals surface area contributed by atoms with Crippen LogP contribution in [0.25, 0.3) is 0 Å². The van der Waals surface area contributed by atoms with Gasteiger partial charge in [-0.15, -0.1) is 0 Å². The molecule has 0 saturated heterocycles. The molecule has 4 fully saturated rings. The van der Waals surface area contributed by atoms with E-state index in [1.165, 1.54) is 0 Å². The Morgan fingerprint density at radius 3 is 2.00 bits per heavy atom. The Kier molecular flexibility index (Phi) is 5.81. The number of ketones is 1. The first-order valence-electron chi connectivity index (χ1n) is 11.1. The van der Waals surface area contributed by atoms with Gasteiger partial charge >= 0.3 is 11.9 Å². The first-order valence-corrected chi connectivity index (χ1v) is 11.1. The Labute approximate surface area is 180 Å². The van der Waals surface area contributed by atoms with Crippen molar-refractivity contribution in [3.8, 4) is 0 Å². The minimum Gasteiger partial charge on any atom is -0.455 e. The average molecular weight is 417 g/mol. The standard InChI is InChI=1S/C25H36O5/c1-9-13(3)22(27)29-17-12-25(8)18-15(5)11-16(26)19(25)20(18)24(6,7)21(17)30-23(28)14(4)10-2/h9-10,15,17-21H,11-12H2,1-8H3/b13-9-,14-10-/t15-,17+,18+,19-,20+,21-,25-/m1/s1. The summed E-state index contributed by atoms with van der Waals surface area (Å²) < 4.78 is 12.0. The number of carbonyl (C=O) groups is 3. The molecule has 0 aromatic carbocycles. The summed E-state index contributed by atoms with van der Waals surface area (Å²) >= 11 is 0. The molecule has 0 amide bonds. The van der Waals surface area contributed by atoms with Gasteiger partial charge in [0.25, 0.3) is 0 Å². The van der Waals surface area contributed by atoms with Crippen LogP contribution >= 0.6 is 0 Å². The van der Waals surface area contributed by atoms with E-state index < -0.39 is 29.6 Å². The fourth-order valence-corrected chi connectivity index (χ4v) is 6.63. The van der Waals surface area contributed by atoms with Crippen molar-refractivity contribution >= 4 is 17.7 Å². The van der Waals surface area contributed by atoms with Crippen LogP contribution in [0.2, 0.25) is 0 Å². The highest BCUT2D eigenvalue weighted by atomic mass is 16.6. The molecule has 0 unspecified atom stereocenters. The summed E-state index contributed by atoms with van der Waals surface area (Å²) in [6, 6.07) is 0. The third kappa shape index (κ3) is 3.25. The minimum atomic E-state index is -0.606. The van der Waals surface area contributed by atoms with Crippen LogP contribution in [0.3, 0.4) is 0 Å². The predicted octanol–water partition coefficient (Wildman–Crippen LogP) is 4.65. The van der Waals surface area contributed by atoms with Crippen LogP contribution < -0.4 is 0 Å². The van der Waals surface area contributed by atoms with Gasteiger partial charge in [0.05, 0.1) is 0 Å². The largest absolute Gasteiger partial charge is 0.455 e. The molecule has 5 nitrogen and oxygen atoms in total. The zero-order valence-electron chi connectivity index (χ0n) is 19.6. The molecule has 0 aliphatic heterocycles. The van der Waals surface area contributed by atoms with E-state index >= 15 is 0 Å². The van der Waals surface area contributed by atoms with Gasteiger partial charge in [0.15, 0.2) is 0 Å². The predicted molar refractivity (Wildman–Crippen MR) is 114 cm³/mol.